The smallest absolute Gasteiger partial charge is 0.371 e. The molecule has 0 saturated heterocycles. The lowest BCUT2D eigenvalue weighted by atomic mass is 10.1. The topological polar surface area (TPSA) is 99.1 Å². The van der Waals surface area contributed by atoms with Crippen LogP contribution in [-0.4, -0.2) is 25.3 Å². The molecule has 0 unspecified atom stereocenters. The van der Waals surface area contributed by atoms with Gasteiger partial charge in [0, 0.05) is 6.07 Å². The van der Waals surface area contributed by atoms with Crippen molar-refractivity contribution < 1.29 is 28.2 Å². The molecule has 0 atom stereocenters. The third kappa shape index (κ3) is 1.74. The summed E-state index contributed by atoms with van der Waals surface area (Å²) in [6, 6.07) is 2.53. The van der Waals surface area contributed by atoms with Gasteiger partial charge >= 0.3 is 5.97 Å². The molecule has 0 fully saturated rings. The van der Waals surface area contributed by atoms with Crippen molar-refractivity contribution in [3.05, 3.63) is 34.4 Å². The number of rotatable bonds is 3. The van der Waals surface area contributed by atoms with Crippen molar-refractivity contribution in [3.8, 4) is 11.5 Å². The van der Waals surface area contributed by atoms with Crippen LogP contribution in [0.2, 0.25) is 0 Å². The van der Waals surface area contributed by atoms with Gasteiger partial charge in [0.05, 0.1) is 25.9 Å². The minimum Gasteiger partial charge on any atom is -0.495 e. The molecule has 108 valence electrons. The second-order valence-corrected chi connectivity index (χ2v) is 4.21. The van der Waals surface area contributed by atoms with Gasteiger partial charge < -0.3 is 23.4 Å². The Labute approximate surface area is 117 Å². The van der Waals surface area contributed by atoms with E-state index in [9.17, 15) is 9.59 Å². The van der Waals surface area contributed by atoms with Crippen LogP contribution in [0.4, 0.5) is 0 Å². The normalized spacial score (nSPS) is 11.0. The first kappa shape index (κ1) is 13.0. The summed E-state index contributed by atoms with van der Waals surface area (Å²) in [6.45, 7) is 0. The maximum atomic E-state index is 12.2. The highest BCUT2D eigenvalue weighted by Gasteiger charge is 2.23. The molecular formula is C14H10O7. The van der Waals surface area contributed by atoms with Gasteiger partial charge in [-0.25, -0.2) is 4.79 Å². The van der Waals surface area contributed by atoms with E-state index in [2.05, 4.69) is 0 Å². The van der Waals surface area contributed by atoms with Crippen molar-refractivity contribution in [2.24, 2.45) is 0 Å². The van der Waals surface area contributed by atoms with Crippen molar-refractivity contribution in [1.82, 2.24) is 0 Å². The Morgan fingerprint density at radius 2 is 1.90 bits per heavy atom. The van der Waals surface area contributed by atoms with E-state index >= 15 is 0 Å². The van der Waals surface area contributed by atoms with Gasteiger partial charge in [0.2, 0.25) is 11.5 Å². The molecule has 2 aromatic heterocycles. The Kier molecular flexibility index (Phi) is 2.83. The molecule has 3 rings (SSSR count). The van der Waals surface area contributed by atoms with E-state index in [1.165, 1.54) is 20.5 Å². The van der Waals surface area contributed by atoms with Crippen LogP contribution in [-0.2, 0) is 0 Å². The lowest BCUT2D eigenvalue weighted by molar-refractivity contribution is 0.0663. The molecule has 2 heterocycles. The number of furan rings is 1. The van der Waals surface area contributed by atoms with Crippen LogP contribution in [0.3, 0.4) is 0 Å². The molecule has 1 aromatic carbocycles. The van der Waals surface area contributed by atoms with Crippen LogP contribution in [0.15, 0.2) is 32.0 Å². The predicted octanol–water partition coefficient (Wildman–Crippen LogP) is 2.25. The zero-order valence-corrected chi connectivity index (χ0v) is 11.1. The molecule has 0 radical (unpaired) electrons. The molecule has 0 bridgehead atoms. The second kappa shape index (κ2) is 4.55. The van der Waals surface area contributed by atoms with E-state index in [1.807, 2.05) is 0 Å². The molecule has 0 amide bonds. The Morgan fingerprint density at radius 3 is 2.52 bits per heavy atom. The van der Waals surface area contributed by atoms with E-state index in [1.54, 1.807) is 6.07 Å². The van der Waals surface area contributed by atoms with Gasteiger partial charge in [-0.2, -0.15) is 0 Å². The molecule has 0 aliphatic heterocycles. The third-order valence-corrected chi connectivity index (χ3v) is 3.12. The van der Waals surface area contributed by atoms with Gasteiger partial charge in [-0.3, -0.25) is 4.79 Å². The first-order valence-corrected chi connectivity index (χ1v) is 5.90. The van der Waals surface area contributed by atoms with E-state index in [4.69, 9.17) is 23.4 Å². The zero-order chi connectivity index (χ0) is 15.1. The average molecular weight is 290 g/mol. The lowest BCUT2D eigenvalue weighted by Crippen LogP contribution is -2.08. The third-order valence-electron chi connectivity index (χ3n) is 3.12. The van der Waals surface area contributed by atoms with Crippen molar-refractivity contribution in [1.29, 1.82) is 0 Å². The Balaban J connectivity index is 2.62. The summed E-state index contributed by atoms with van der Waals surface area (Å²) in [5.74, 6) is -1.44. The van der Waals surface area contributed by atoms with Crippen molar-refractivity contribution in [3.63, 3.8) is 0 Å². The van der Waals surface area contributed by atoms with Crippen LogP contribution in [0, 0.1) is 0 Å². The summed E-state index contributed by atoms with van der Waals surface area (Å²) in [4.78, 5) is 23.3. The number of carbonyl (C=O) groups is 1. The van der Waals surface area contributed by atoms with Gasteiger partial charge in [-0.05, 0) is 6.07 Å². The van der Waals surface area contributed by atoms with E-state index in [-0.39, 0.29) is 22.5 Å². The number of carboxylic acids is 1. The van der Waals surface area contributed by atoms with Crippen LogP contribution in [0.1, 0.15) is 10.6 Å². The van der Waals surface area contributed by atoms with Crippen LogP contribution in [0.25, 0.3) is 21.9 Å². The zero-order valence-electron chi connectivity index (χ0n) is 11.1. The fraction of sp³-hybridized carbons (Fsp3) is 0.143. The van der Waals surface area contributed by atoms with Gasteiger partial charge in [0.1, 0.15) is 11.1 Å². The van der Waals surface area contributed by atoms with E-state index < -0.39 is 17.2 Å². The minimum absolute atomic E-state index is 0.0262. The highest BCUT2D eigenvalue weighted by molar-refractivity contribution is 6.07. The fourth-order valence-electron chi connectivity index (χ4n) is 2.27. The molecule has 0 spiro atoms. The number of methoxy groups -OCH3 is 2. The number of hydrogen-bond acceptors (Lipinski definition) is 6. The van der Waals surface area contributed by atoms with Crippen molar-refractivity contribution >= 4 is 27.9 Å². The summed E-state index contributed by atoms with van der Waals surface area (Å²) >= 11 is 0. The monoisotopic (exact) mass is 290 g/mol. The van der Waals surface area contributed by atoms with Gasteiger partial charge in [-0.1, -0.05) is 0 Å². The van der Waals surface area contributed by atoms with Crippen molar-refractivity contribution in [2.45, 2.75) is 0 Å². The standard InChI is InChI=1S/C14H10O7/c1-18-10-6-3-4-20-11(6)13(19-2)12-9(10)7(15)5-8(21-12)14(16)17/h3-5H,1-2H3,(H,16,17). The summed E-state index contributed by atoms with van der Waals surface area (Å²) in [5, 5.41) is 9.65. The maximum absolute atomic E-state index is 12.2. The largest absolute Gasteiger partial charge is 0.495 e. The Bertz CT molecular complexity index is 916. The predicted molar refractivity (Wildman–Crippen MR) is 72.3 cm³/mol. The molecular weight excluding hydrogens is 280 g/mol. The first-order chi connectivity index (χ1) is 10.1. The summed E-state index contributed by atoms with van der Waals surface area (Å²) in [5.41, 5.74) is -0.249. The van der Waals surface area contributed by atoms with Gasteiger partial charge in [-0.15, -0.1) is 0 Å². The van der Waals surface area contributed by atoms with E-state index in [0.717, 1.165) is 6.07 Å². The van der Waals surface area contributed by atoms with Crippen LogP contribution in [0.5, 0.6) is 11.5 Å². The SMILES string of the molecule is COc1c2occc2c(OC)c2c(=O)cc(C(=O)O)oc12. The Hall–Kier alpha value is -2.96. The number of fused-ring (bicyclic) bond motifs is 2. The number of hydrogen-bond donors (Lipinski definition) is 1. The molecule has 0 saturated carbocycles. The minimum atomic E-state index is -1.35. The van der Waals surface area contributed by atoms with Gasteiger partial charge in [0.25, 0.3) is 0 Å². The number of benzene rings is 1. The maximum Gasteiger partial charge on any atom is 0.371 e. The highest BCUT2D eigenvalue weighted by Crippen LogP contribution is 2.41. The fourth-order valence-corrected chi connectivity index (χ4v) is 2.27. The molecule has 0 aliphatic rings. The summed E-state index contributed by atoms with van der Waals surface area (Å²) < 4.78 is 21.1. The number of carboxylic acid groups (broad SMARTS) is 1. The highest BCUT2D eigenvalue weighted by atomic mass is 16.5. The lowest BCUT2D eigenvalue weighted by Gasteiger charge is -2.10. The molecule has 0 aliphatic carbocycles. The number of aromatic carboxylic acids is 1. The molecule has 7 nitrogen and oxygen atoms in total. The quantitative estimate of drug-likeness (QED) is 0.789. The summed E-state index contributed by atoms with van der Waals surface area (Å²) in [7, 11) is 2.77. The van der Waals surface area contributed by atoms with Crippen LogP contribution < -0.4 is 14.9 Å². The first-order valence-electron chi connectivity index (χ1n) is 5.90. The van der Waals surface area contributed by atoms with E-state index in [0.29, 0.717) is 11.0 Å². The Morgan fingerprint density at radius 1 is 1.19 bits per heavy atom. The molecule has 21 heavy (non-hydrogen) atoms. The molecule has 3 aromatic rings. The number of ether oxygens (including phenoxy) is 2. The average Bonchev–Trinajstić information content (AvgIpc) is 2.93. The van der Waals surface area contributed by atoms with Crippen molar-refractivity contribution in [2.75, 3.05) is 14.2 Å². The van der Waals surface area contributed by atoms with Crippen LogP contribution >= 0.6 is 0 Å². The van der Waals surface area contributed by atoms with Gasteiger partial charge in [0.15, 0.2) is 16.6 Å². The molecule has 1 N–H and O–H groups in total. The second-order valence-electron chi connectivity index (χ2n) is 4.21. The molecule has 7 heteroatoms. The summed E-state index contributed by atoms with van der Waals surface area (Å²) in [6.07, 6.45) is 1.41.